The van der Waals surface area contributed by atoms with E-state index in [-0.39, 0.29) is 6.54 Å². The van der Waals surface area contributed by atoms with Gasteiger partial charge in [0.2, 0.25) is 0 Å². The number of anilines is 1. The third-order valence-electron chi connectivity index (χ3n) is 3.83. The summed E-state index contributed by atoms with van der Waals surface area (Å²) in [6, 6.07) is 10.3. The monoisotopic (exact) mass is 334 g/mol. The maximum atomic E-state index is 13.6. The number of hydrogen-bond donors (Lipinski definition) is 2. The molecule has 0 fully saturated rings. The molecule has 0 bridgehead atoms. The minimum atomic E-state index is -1.46. The van der Waals surface area contributed by atoms with Crippen LogP contribution in [0.15, 0.2) is 42.5 Å². The normalized spacial score (nSPS) is 11.9. The van der Waals surface area contributed by atoms with Crippen molar-refractivity contribution < 1.29 is 18.7 Å². The number of carbonyl (C=O) groups is 1. The van der Waals surface area contributed by atoms with E-state index in [4.69, 9.17) is 0 Å². The van der Waals surface area contributed by atoms with Crippen molar-refractivity contribution in [1.29, 1.82) is 0 Å². The van der Waals surface area contributed by atoms with Gasteiger partial charge >= 0.3 is 0 Å². The summed E-state index contributed by atoms with van der Waals surface area (Å²) < 4.78 is 27.2. The number of nitrogens with one attached hydrogen (secondary N) is 1. The minimum absolute atomic E-state index is 0.284. The lowest BCUT2D eigenvalue weighted by molar-refractivity contribution is 0.0911. The average Bonchev–Trinajstić information content (AvgIpc) is 2.59. The standard InChI is InChI=1S/C18H20F2N2O2/c1-3-22(2)13-9-7-12(8-10-13)18(24)21-11-16(23)17-14(19)5-4-6-15(17)20/h4-10,16,23H,3,11H2,1-2H3,(H,21,24). The molecular formula is C18H20F2N2O2. The van der Waals surface area contributed by atoms with Crippen molar-refractivity contribution in [3.63, 3.8) is 0 Å². The van der Waals surface area contributed by atoms with E-state index in [1.165, 1.54) is 6.07 Å². The van der Waals surface area contributed by atoms with E-state index in [0.717, 1.165) is 24.4 Å². The molecule has 1 atom stereocenters. The largest absolute Gasteiger partial charge is 0.386 e. The molecule has 0 aliphatic rings. The van der Waals surface area contributed by atoms with Crippen molar-refractivity contribution in [1.82, 2.24) is 5.32 Å². The molecule has 128 valence electrons. The number of rotatable bonds is 6. The van der Waals surface area contributed by atoms with Gasteiger partial charge in [0.1, 0.15) is 17.7 Å². The van der Waals surface area contributed by atoms with Gasteiger partial charge in [-0.1, -0.05) is 6.07 Å². The zero-order valence-electron chi connectivity index (χ0n) is 13.6. The molecule has 2 rings (SSSR count). The first kappa shape index (κ1) is 17.9. The molecule has 1 amide bonds. The molecule has 0 saturated carbocycles. The number of hydrogen-bond acceptors (Lipinski definition) is 3. The Morgan fingerprint density at radius 1 is 1.17 bits per heavy atom. The molecular weight excluding hydrogens is 314 g/mol. The lowest BCUT2D eigenvalue weighted by Gasteiger charge is -2.17. The number of carbonyl (C=O) groups excluding carboxylic acids is 1. The molecule has 0 radical (unpaired) electrons. The van der Waals surface area contributed by atoms with E-state index in [1.807, 2.05) is 31.0 Å². The van der Waals surface area contributed by atoms with Gasteiger partial charge in [-0.25, -0.2) is 8.78 Å². The summed E-state index contributed by atoms with van der Waals surface area (Å²) in [5, 5.41) is 12.4. The molecule has 2 aromatic rings. The second kappa shape index (κ2) is 7.88. The van der Waals surface area contributed by atoms with Crippen LogP contribution >= 0.6 is 0 Å². The quantitative estimate of drug-likeness (QED) is 0.854. The summed E-state index contributed by atoms with van der Waals surface area (Å²) in [4.78, 5) is 14.1. The summed E-state index contributed by atoms with van der Waals surface area (Å²) in [7, 11) is 1.94. The third-order valence-corrected chi connectivity index (χ3v) is 3.83. The van der Waals surface area contributed by atoms with Gasteiger partial charge in [0.05, 0.1) is 5.56 Å². The first-order valence-corrected chi connectivity index (χ1v) is 7.65. The molecule has 24 heavy (non-hydrogen) atoms. The first-order chi connectivity index (χ1) is 11.4. The molecule has 0 aromatic heterocycles. The average molecular weight is 334 g/mol. The molecule has 4 nitrogen and oxygen atoms in total. The van der Waals surface area contributed by atoms with Crippen LogP contribution in [0.4, 0.5) is 14.5 Å². The second-order valence-electron chi connectivity index (χ2n) is 5.42. The fraction of sp³-hybridized carbons (Fsp3) is 0.278. The van der Waals surface area contributed by atoms with Crippen molar-refractivity contribution >= 4 is 11.6 Å². The summed E-state index contributed by atoms with van der Waals surface area (Å²) in [5.74, 6) is -2.11. The van der Waals surface area contributed by atoms with Gasteiger partial charge in [-0.3, -0.25) is 4.79 Å². The molecule has 0 heterocycles. The lowest BCUT2D eigenvalue weighted by atomic mass is 10.1. The van der Waals surface area contributed by atoms with Crippen molar-refractivity contribution in [2.45, 2.75) is 13.0 Å². The van der Waals surface area contributed by atoms with Crippen molar-refractivity contribution in [3.05, 3.63) is 65.2 Å². The Labute approximate surface area is 139 Å². The number of aliphatic hydroxyl groups is 1. The number of nitrogens with zero attached hydrogens (tertiary/aromatic N) is 1. The minimum Gasteiger partial charge on any atom is -0.386 e. The highest BCUT2D eigenvalue weighted by atomic mass is 19.1. The second-order valence-corrected chi connectivity index (χ2v) is 5.42. The zero-order chi connectivity index (χ0) is 17.7. The molecule has 6 heteroatoms. The third kappa shape index (κ3) is 4.08. The van der Waals surface area contributed by atoms with Crippen molar-refractivity contribution in [2.75, 3.05) is 25.0 Å². The molecule has 0 aliphatic carbocycles. The van der Waals surface area contributed by atoms with Crippen LogP contribution < -0.4 is 10.2 Å². The van der Waals surface area contributed by atoms with Crippen LogP contribution in [0, 0.1) is 11.6 Å². The van der Waals surface area contributed by atoms with Gasteiger partial charge < -0.3 is 15.3 Å². The smallest absolute Gasteiger partial charge is 0.251 e. The topological polar surface area (TPSA) is 52.6 Å². The molecule has 0 saturated heterocycles. The van der Waals surface area contributed by atoms with Crippen LogP contribution in [0.1, 0.15) is 28.9 Å². The number of aliphatic hydroxyl groups excluding tert-OH is 1. The van der Waals surface area contributed by atoms with Crippen LogP contribution in [0.3, 0.4) is 0 Å². The maximum Gasteiger partial charge on any atom is 0.251 e. The molecule has 0 aliphatic heterocycles. The Bertz CT molecular complexity index is 684. The molecule has 0 spiro atoms. The SMILES string of the molecule is CCN(C)c1ccc(C(=O)NCC(O)c2c(F)cccc2F)cc1. The van der Waals surface area contributed by atoms with Gasteiger partial charge in [0.25, 0.3) is 5.91 Å². The van der Waals surface area contributed by atoms with Crippen molar-refractivity contribution in [2.24, 2.45) is 0 Å². The van der Waals surface area contributed by atoms with E-state index in [0.29, 0.717) is 5.56 Å². The summed E-state index contributed by atoms with van der Waals surface area (Å²) in [6.45, 7) is 2.57. The van der Waals surface area contributed by atoms with Crippen LogP contribution in [0.2, 0.25) is 0 Å². The lowest BCUT2D eigenvalue weighted by Crippen LogP contribution is -2.29. The van der Waals surface area contributed by atoms with Crippen LogP contribution in [0.25, 0.3) is 0 Å². The molecule has 1 unspecified atom stereocenters. The highest BCUT2D eigenvalue weighted by Crippen LogP contribution is 2.20. The van der Waals surface area contributed by atoms with Crippen LogP contribution in [0.5, 0.6) is 0 Å². The summed E-state index contributed by atoms with van der Waals surface area (Å²) in [6.07, 6.45) is -1.46. The van der Waals surface area contributed by atoms with E-state index >= 15 is 0 Å². The highest BCUT2D eigenvalue weighted by Gasteiger charge is 2.18. The first-order valence-electron chi connectivity index (χ1n) is 7.65. The van der Waals surface area contributed by atoms with E-state index < -0.39 is 29.2 Å². The van der Waals surface area contributed by atoms with Gasteiger partial charge in [0, 0.05) is 31.4 Å². The van der Waals surface area contributed by atoms with E-state index in [2.05, 4.69) is 5.32 Å². The highest BCUT2D eigenvalue weighted by molar-refractivity contribution is 5.94. The summed E-state index contributed by atoms with van der Waals surface area (Å²) >= 11 is 0. The van der Waals surface area contributed by atoms with Gasteiger partial charge in [-0.15, -0.1) is 0 Å². The maximum absolute atomic E-state index is 13.6. The van der Waals surface area contributed by atoms with Crippen LogP contribution in [-0.2, 0) is 0 Å². The fourth-order valence-electron chi connectivity index (χ4n) is 2.27. The van der Waals surface area contributed by atoms with Gasteiger partial charge in [0.15, 0.2) is 0 Å². The Balaban J connectivity index is 2.00. The number of halogens is 2. The Morgan fingerprint density at radius 3 is 2.29 bits per heavy atom. The number of benzene rings is 2. The molecule has 2 aromatic carbocycles. The van der Waals surface area contributed by atoms with E-state index in [1.54, 1.807) is 12.1 Å². The predicted octanol–water partition coefficient (Wildman–Crippen LogP) is 2.88. The fourth-order valence-corrected chi connectivity index (χ4v) is 2.27. The van der Waals surface area contributed by atoms with Gasteiger partial charge in [-0.2, -0.15) is 0 Å². The Kier molecular flexibility index (Phi) is 5.87. The molecule has 2 N–H and O–H groups in total. The number of amides is 1. The van der Waals surface area contributed by atoms with Crippen LogP contribution in [-0.4, -0.2) is 31.2 Å². The Morgan fingerprint density at radius 2 is 1.75 bits per heavy atom. The van der Waals surface area contributed by atoms with Crippen molar-refractivity contribution in [3.8, 4) is 0 Å². The zero-order valence-corrected chi connectivity index (χ0v) is 13.6. The summed E-state index contributed by atoms with van der Waals surface area (Å²) in [5.41, 5.74) is 0.935. The Hall–Kier alpha value is -2.47. The predicted molar refractivity (Wildman–Crippen MR) is 89.0 cm³/mol. The van der Waals surface area contributed by atoms with Gasteiger partial charge in [-0.05, 0) is 43.3 Å². The van der Waals surface area contributed by atoms with E-state index in [9.17, 15) is 18.7 Å².